The Hall–Kier alpha value is -0.830. The molecule has 0 atom stereocenters. The topological polar surface area (TPSA) is 66.4 Å². The second kappa shape index (κ2) is 6.35. The first kappa shape index (κ1) is 17.5. The normalized spacial score (nSPS) is 23.5. The molecule has 1 fully saturated rings. The third-order valence-corrected chi connectivity index (χ3v) is 5.42. The van der Waals surface area contributed by atoms with Crippen molar-refractivity contribution >= 4 is 21.6 Å². The lowest BCUT2D eigenvalue weighted by molar-refractivity contribution is -0.137. The highest BCUT2D eigenvalue weighted by atomic mass is 35.5. The molecule has 0 spiro atoms. The quantitative estimate of drug-likeness (QED) is 0.874. The smallest absolute Gasteiger partial charge is 0.393 e. The highest BCUT2D eigenvalue weighted by molar-refractivity contribution is 7.89. The summed E-state index contributed by atoms with van der Waals surface area (Å²) in [5.41, 5.74) is -1.18. The number of aliphatic hydroxyl groups excluding tert-OH is 1. The molecule has 0 aromatic heterocycles. The molecule has 1 aromatic rings. The summed E-state index contributed by atoms with van der Waals surface area (Å²) in [5, 5.41) is 8.83. The minimum Gasteiger partial charge on any atom is -0.393 e. The molecule has 0 radical (unpaired) electrons. The van der Waals surface area contributed by atoms with Crippen molar-refractivity contribution in [3.63, 3.8) is 0 Å². The van der Waals surface area contributed by atoms with Gasteiger partial charge in [0.25, 0.3) is 0 Å². The van der Waals surface area contributed by atoms with E-state index in [4.69, 9.17) is 11.6 Å². The monoisotopic (exact) mass is 357 g/mol. The second-order valence-electron chi connectivity index (χ2n) is 5.27. The van der Waals surface area contributed by atoms with Crippen molar-refractivity contribution in [3.05, 3.63) is 28.8 Å². The van der Waals surface area contributed by atoms with Crippen LogP contribution in [0, 0.1) is 0 Å². The first-order valence-corrected chi connectivity index (χ1v) is 8.53. The van der Waals surface area contributed by atoms with Crippen LogP contribution < -0.4 is 4.72 Å². The Morgan fingerprint density at radius 1 is 1.18 bits per heavy atom. The van der Waals surface area contributed by atoms with Crippen LogP contribution >= 0.6 is 11.6 Å². The highest BCUT2D eigenvalue weighted by Gasteiger charge is 2.35. The van der Waals surface area contributed by atoms with Gasteiger partial charge in [0.05, 0.1) is 21.6 Å². The van der Waals surface area contributed by atoms with Crippen LogP contribution in [0.5, 0.6) is 0 Å². The zero-order valence-corrected chi connectivity index (χ0v) is 13.0. The van der Waals surface area contributed by atoms with Crippen LogP contribution in [0.2, 0.25) is 5.02 Å². The van der Waals surface area contributed by atoms with E-state index in [1.54, 1.807) is 0 Å². The van der Waals surface area contributed by atoms with Crippen molar-refractivity contribution in [2.45, 2.75) is 48.9 Å². The molecule has 0 heterocycles. The summed E-state index contributed by atoms with van der Waals surface area (Å²) in [6.45, 7) is 0. The van der Waals surface area contributed by atoms with Crippen LogP contribution in [-0.2, 0) is 16.2 Å². The van der Waals surface area contributed by atoms with E-state index in [0.717, 1.165) is 12.1 Å². The predicted molar refractivity (Wildman–Crippen MR) is 75.0 cm³/mol. The van der Waals surface area contributed by atoms with Gasteiger partial charge in [-0.05, 0) is 43.9 Å². The maximum atomic E-state index is 12.8. The van der Waals surface area contributed by atoms with E-state index in [-0.39, 0.29) is 0 Å². The summed E-state index contributed by atoms with van der Waals surface area (Å²) in [6, 6.07) is 2.10. The number of hydrogen-bond donors (Lipinski definition) is 2. The number of alkyl halides is 3. The Kier molecular flexibility index (Phi) is 5.06. The van der Waals surface area contributed by atoms with Crippen LogP contribution in [0.1, 0.15) is 31.2 Å². The Morgan fingerprint density at radius 3 is 2.32 bits per heavy atom. The molecule has 1 saturated carbocycles. The fraction of sp³-hybridized carbons (Fsp3) is 0.538. The SMILES string of the molecule is O=S(=O)(NC1CCC(O)CC1)c1ccc(Cl)c(C(F)(F)F)c1. The molecule has 0 saturated heterocycles. The van der Waals surface area contributed by atoms with Crippen LogP contribution in [0.3, 0.4) is 0 Å². The molecule has 2 N–H and O–H groups in total. The molecule has 124 valence electrons. The summed E-state index contributed by atoms with van der Waals surface area (Å²) in [4.78, 5) is -0.477. The van der Waals surface area contributed by atoms with E-state index in [9.17, 15) is 26.7 Å². The van der Waals surface area contributed by atoms with E-state index in [1.165, 1.54) is 0 Å². The molecule has 0 unspecified atom stereocenters. The van der Waals surface area contributed by atoms with E-state index < -0.39 is 43.8 Å². The maximum absolute atomic E-state index is 12.8. The predicted octanol–water partition coefficient (Wildman–Crippen LogP) is 2.94. The number of hydrogen-bond acceptors (Lipinski definition) is 3. The molecular formula is C13H15ClF3NO3S. The molecule has 22 heavy (non-hydrogen) atoms. The first-order chi connectivity index (χ1) is 10.1. The van der Waals surface area contributed by atoms with Crippen molar-refractivity contribution in [3.8, 4) is 0 Å². The van der Waals surface area contributed by atoms with Crippen molar-refractivity contribution < 1.29 is 26.7 Å². The lowest BCUT2D eigenvalue weighted by Crippen LogP contribution is -2.38. The van der Waals surface area contributed by atoms with Gasteiger partial charge in [-0.1, -0.05) is 11.6 Å². The van der Waals surface area contributed by atoms with E-state index >= 15 is 0 Å². The fourth-order valence-electron chi connectivity index (χ4n) is 2.37. The molecule has 0 amide bonds. The Balaban J connectivity index is 2.23. The Bertz CT molecular complexity index is 640. The number of nitrogens with one attached hydrogen (secondary N) is 1. The molecule has 1 aliphatic rings. The van der Waals surface area contributed by atoms with Gasteiger partial charge in [0.15, 0.2) is 0 Å². The van der Waals surface area contributed by atoms with Crippen molar-refractivity contribution in [1.82, 2.24) is 4.72 Å². The van der Waals surface area contributed by atoms with Crippen molar-refractivity contribution in [2.75, 3.05) is 0 Å². The molecule has 0 aliphatic heterocycles. The van der Waals surface area contributed by atoms with Gasteiger partial charge in [-0.2, -0.15) is 13.2 Å². The number of aliphatic hydroxyl groups is 1. The van der Waals surface area contributed by atoms with Crippen LogP contribution in [0.4, 0.5) is 13.2 Å². The Morgan fingerprint density at radius 2 is 1.77 bits per heavy atom. The highest BCUT2D eigenvalue weighted by Crippen LogP contribution is 2.36. The van der Waals surface area contributed by atoms with Crippen LogP contribution in [-0.4, -0.2) is 25.7 Å². The third kappa shape index (κ3) is 4.13. The Labute approximate surface area is 131 Å². The summed E-state index contributed by atoms with van der Waals surface area (Å²) in [7, 11) is -4.07. The van der Waals surface area contributed by atoms with Crippen molar-refractivity contribution in [2.24, 2.45) is 0 Å². The third-order valence-electron chi connectivity index (χ3n) is 3.57. The molecule has 1 aliphatic carbocycles. The molecule has 4 nitrogen and oxygen atoms in total. The number of sulfonamides is 1. The van der Waals surface area contributed by atoms with E-state index in [0.29, 0.717) is 31.7 Å². The van der Waals surface area contributed by atoms with E-state index in [1.807, 2.05) is 0 Å². The van der Waals surface area contributed by atoms with Gasteiger partial charge in [0, 0.05) is 6.04 Å². The average Bonchev–Trinajstić information content (AvgIpc) is 2.40. The average molecular weight is 358 g/mol. The van der Waals surface area contributed by atoms with Crippen molar-refractivity contribution in [1.29, 1.82) is 0 Å². The van der Waals surface area contributed by atoms with Gasteiger partial charge in [0.2, 0.25) is 10.0 Å². The standard InChI is InChI=1S/C13H15ClF3NO3S/c14-12-6-5-10(7-11(12)13(15,16)17)22(20,21)18-8-1-3-9(19)4-2-8/h5-9,18-19H,1-4H2. The van der Waals surface area contributed by atoms with Gasteiger partial charge in [0.1, 0.15) is 0 Å². The van der Waals surface area contributed by atoms with Gasteiger partial charge in [-0.25, -0.2) is 13.1 Å². The summed E-state index contributed by atoms with van der Waals surface area (Å²) in [5.74, 6) is 0. The number of rotatable bonds is 3. The summed E-state index contributed by atoms with van der Waals surface area (Å²) >= 11 is 5.48. The minimum atomic E-state index is -4.72. The number of benzene rings is 1. The zero-order valence-electron chi connectivity index (χ0n) is 11.4. The van der Waals surface area contributed by atoms with Gasteiger partial charge >= 0.3 is 6.18 Å². The molecule has 0 bridgehead atoms. The lowest BCUT2D eigenvalue weighted by atomic mass is 9.94. The number of halogens is 4. The fourth-order valence-corrected chi connectivity index (χ4v) is 3.93. The van der Waals surface area contributed by atoms with Crippen LogP contribution in [0.15, 0.2) is 23.1 Å². The van der Waals surface area contributed by atoms with Crippen LogP contribution in [0.25, 0.3) is 0 Å². The van der Waals surface area contributed by atoms with Gasteiger partial charge < -0.3 is 5.11 Å². The molecule has 1 aromatic carbocycles. The summed E-state index contributed by atoms with van der Waals surface area (Å²) < 4.78 is 65.1. The largest absolute Gasteiger partial charge is 0.417 e. The maximum Gasteiger partial charge on any atom is 0.417 e. The molecular weight excluding hydrogens is 343 g/mol. The van der Waals surface area contributed by atoms with Gasteiger partial charge in [-0.15, -0.1) is 0 Å². The second-order valence-corrected chi connectivity index (χ2v) is 7.39. The van der Waals surface area contributed by atoms with Gasteiger partial charge in [-0.3, -0.25) is 0 Å². The first-order valence-electron chi connectivity index (χ1n) is 6.67. The molecule has 9 heteroatoms. The zero-order chi connectivity index (χ0) is 16.5. The lowest BCUT2D eigenvalue weighted by Gasteiger charge is -2.26. The minimum absolute atomic E-state index is 0.390. The molecule has 2 rings (SSSR count). The van der Waals surface area contributed by atoms with E-state index in [2.05, 4.69) is 4.72 Å². The summed E-state index contributed by atoms with van der Waals surface area (Å²) in [6.07, 6.45) is -3.37.